The van der Waals surface area contributed by atoms with Crippen LogP contribution in [0.5, 0.6) is 0 Å². The van der Waals surface area contributed by atoms with Gasteiger partial charge in [0.15, 0.2) is 5.13 Å². The Labute approximate surface area is 141 Å². The lowest BCUT2D eigenvalue weighted by Crippen LogP contribution is -2.39. The first-order valence-corrected chi connectivity index (χ1v) is 8.00. The summed E-state index contributed by atoms with van der Waals surface area (Å²) in [6.45, 7) is 5.98. The summed E-state index contributed by atoms with van der Waals surface area (Å²) in [5.74, 6) is -0.0850. The van der Waals surface area contributed by atoms with Gasteiger partial charge < -0.3 is 11.1 Å². The third-order valence-electron chi connectivity index (χ3n) is 3.41. The molecule has 1 aromatic heterocycles. The first kappa shape index (κ1) is 18.6. The van der Waals surface area contributed by atoms with Gasteiger partial charge in [0.2, 0.25) is 5.91 Å². The number of aromatic nitrogens is 1. The molecule has 0 aliphatic rings. The molecule has 120 valence electrons. The summed E-state index contributed by atoms with van der Waals surface area (Å²) < 4.78 is 0. The Kier molecular flexibility index (Phi) is 7.00. The van der Waals surface area contributed by atoms with Crippen molar-refractivity contribution in [2.24, 2.45) is 11.7 Å². The van der Waals surface area contributed by atoms with E-state index in [2.05, 4.69) is 41.5 Å². The molecule has 0 saturated heterocycles. The van der Waals surface area contributed by atoms with Crippen LogP contribution in [0.3, 0.4) is 0 Å². The van der Waals surface area contributed by atoms with Crippen molar-refractivity contribution in [3.8, 4) is 11.3 Å². The summed E-state index contributed by atoms with van der Waals surface area (Å²) >= 11 is 1.41. The Bertz CT molecular complexity index is 610. The highest BCUT2D eigenvalue weighted by Crippen LogP contribution is 2.25. The number of halogens is 1. The van der Waals surface area contributed by atoms with Gasteiger partial charge in [0.25, 0.3) is 0 Å². The van der Waals surface area contributed by atoms with Crippen molar-refractivity contribution in [3.63, 3.8) is 0 Å². The van der Waals surface area contributed by atoms with Crippen LogP contribution in [0.2, 0.25) is 0 Å². The van der Waals surface area contributed by atoms with Crippen LogP contribution in [-0.4, -0.2) is 16.9 Å². The largest absolute Gasteiger partial charge is 0.320 e. The fourth-order valence-corrected chi connectivity index (χ4v) is 2.59. The number of carbonyl (C=O) groups is 1. The van der Waals surface area contributed by atoms with Gasteiger partial charge in [-0.15, -0.1) is 23.7 Å². The lowest BCUT2D eigenvalue weighted by atomic mass is 10.1. The summed E-state index contributed by atoms with van der Waals surface area (Å²) in [6, 6.07) is 7.79. The van der Waals surface area contributed by atoms with Gasteiger partial charge in [-0.3, -0.25) is 4.79 Å². The number of anilines is 1. The quantitative estimate of drug-likeness (QED) is 0.872. The molecule has 1 unspecified atom stereocenters. The lowest BCUT2D eigenvalue weighted by molar-refractivity contribution is -0.118. The maximum absolute atomic E-state index is 11.9. The van der Waals surface area contributed by atoms with Crippen molar-refractivity contribution in [1.29, 1.82) is 0 Å². The number of nitrogens with two attached hydrogens (primary N) is 1. The molecule has 0 bridgehead atoms. The second-order valence-corrected chi connectivity index (χ2v) is 6.21. The number of benzene rings is 1. The molecule has 1 atom stereocenters. The van der Waals surface area contributed by atoms with Gasteiger partial charge in [-0.25, -0.2) is 4.98 Å². The van der Waals surface area contributed by atoms with Gasteiger partial charge in [0.05, 0.1) is 11.7 Å². The number of thiazole rings is 1. The molecule has 2 rings (SSSR count). The Morgan fingerprint density at radius 3 is 2.50 bits per heavy atom. The van der Waals surface area contributed by atoms with E-state index in [0.717, 1.165) is 17.7 Å². The van der Waals surface area contributed by atoms with Crippen LogP contribution in [0.4, 0.5) is 5.13 Å². The van der Waals surface area contributed by atoms with Gasteiger partial charge >= 0.3 is 0 Å². The standard InChI is InChI=1S/C16H21N3OS.ClH/c1-4-11-5-7-12(8-6-11)13-9-21-16(18-13)19-15(20)14(17)10(2)3;/h5-10,14H,4,17H2,1-3H3,(H,18,19,20);1H. The van der Waals surface area contributed by atoms with Crippen LogP contribution >= 0.6 is 23.7 Å². The molecule has 1 aromatic carbocycles. The molecule has 6 heteroatoms. The number of rotatable bonds is 5. The van der Waals surface area contributed by atoms with E-state index in [1.807, 2.05) is 19.2 Å². The zero-order chi connectivity index (χ0) is 15.4. The van der Waals surface area contributed by atoms with E-state index >= 15 is 0 Å². The van der Waals surface area contributed by atoms with Gasteiger partial charge in [-0.1, -0.05) is 45.0 Å². The molecule has 0 spiro atoms. The number of hydrogen-bond acceptors (Lipinski definition) is 4. The van der Waals surface area contributed by atoms with Crippen LogP contribution in [0.15, 0.2) is 29.6 Å². The number of hydrogen-bond donors (Lipinski definition) is 2. The fourth-order valence-electron chi connectivity index (χ4n) is 1.87. The smallest absolute Gasteiger partial charge is 0.243 e. The lowest BCUT2D eigenvalue weighted by Gasteiger charge is -2.13. The predicted molar refractivity (Wildman–Crippen MR) is 95.6 cm³/mol. The fraction of sp³-hybridized carbons (Fsp3) is 0.375. The minimum absolute atomic E-state index is 0. The SMILES string of the molecule is CCc1ccc(-c2csc(NC(=O)C(N)C(C)C)n2)cc1.Cl. The highest BCUT2D eigenvalue weighted by atomic mass is 35.5. The van der Waals surface area contributed by atoms with Gasteiger partial charge in [0.1, 0.15) is 0 Å². The van der Waals surface area contributed by atoms with E-state index in [1.54, 1.807) is 0 Å². The first-order chi connectivity index (χ1) is 10.0. The molecule has 0 aliphatic carbocycles. The third kappa shape index (κ3) is 4.53. The maximum Gasteiger partial charge on any atom is 0.243 e. The monoisotopic (exact) mass is 339 g/mol. The van der Waals surface area contributed by atoms with Crippen LogP contribution < -0.4 is 11.1 Å². The normalized spacial score (nSPS) is 11.9. The van der Waals surface area contributed by atoms with Crippen molar-refractivity contribution in [2.45, 2.75) is 33.2 Å². The molecule has 0 fully saturated rings. The molecule has 1 heterocycles. The van der Waals surface area contributed by atoms with E-state index in [9.17, 15) is 4.79 Å². The zero-order valence-electron chi connectivity index (χ0n) is 13.0. The Hall–Kier alpha value is -1.43. The van der Waals surface area contributed by atoms with Crippen LogP contribution in [-0.2, 0) is 11.2 Å². The van der Waals surface area contributed by atoms with E-state index in [1.165, 1.54) is 16.9 Å². The minimum Gasteiger partial charge on any atom is -0.320 e. The van der Waals surface area contributed by atoms with E-state index in [0.29, 0.717) is 5.13 Å². The molecule has 22 heavy (non-hydrogen) atoms. The Balaban J connectivity index is 0.00000242. The van der Waals surface area contributed by atoms with Gasteiger partial charge in [-0.2, -0.15) is 0 Å². The number of nitrogens with zero attached hydrogens (tertiary/aromatic N) is 1. The average molecular weight is 340 g/mol. The molecule has 3 N–H and O–H groups in total. The number of carbonyl (C=O) groups excluding carboxylic acids is 1. The third-order valence-corrected chi connectivity index (χ3v) is 4.17. The van der Waals surface area contributed by atoms with Crippen molar-refractivity contribution in [3.05, 3.63) is 35.2 Å². The molecular weight excluding hydrogens is 318 g/mol. The van der Waals surface area contributed by atoms with Crippen molar-refractivity contribution >= 4 is 34.8 Å². The van der Waals surface area contributed by atoms with Crippen molar-refractivity contribution in [2.75, 3.05) is 5.32 Å². The summed E-state index contributed by atoms with van der Waals surface area (Å²) in [6.07, 6.45) is 1.02. The minimum atomic E-state index is -0.513. The highest BCUT2D eigenvalue weighted by Gasteiger charge is 2.18. The van der Waals surface area contributed by atoms with Crippen molar-refractivity contribution < 1.29 is 4.79 Å². The van der Waals surface area contributed by atoms with E-state index in [4.69, 9.17) is 5.73 Å². The second-order valence-electron chi connectivity index (χ2n) is 5.35. The summed E-state index contributed by atoms with van der Waals surface area (Å²) in [7, 11) is 0. The molecular formula is C16H22ClN3OS. The predicted octanol–water partition coefficient (Wildman–Crippen LogP) is 3.72. The average Bonchev–Trinajstić information content (AvgIpc) is 2.94. The highest BCUT2D eigenvalue weighted by molar-refractivity contribution is 7.14. The Morgan fingerprint density at radius 1 is 1.32 bits per heavy atom. The van der Waals surface area contributed by atoms with E-state index in [-0.39, 0.29) is 24.2 Å². The second kappa shape index (κ2) is 8.27. The number of aryl methyl sites for hydroxylation is 1. The first-order valence-electron chi connectivity index (χ1n) is 7.12. The van der Waals surface area contributed by atoms with E-state index < -0.39 is 6.04 Å². The van der Waals surface area contributed by atoms with Gasteiger partial charge in [-0.05, 0) is 17.9 Å². The number of nitrogens with one attached hydrogen (secondary N) is 1. The maximum atomic E-state index is 11.9. The molecule has 2 aromatic rings. The summed E-state index contributed by atoms with van der Waals surface area (Å²) in [4.78, 5) is 16.4. The van der Waals surface area contributed by atoms with Crippen LogP contribution in [0.1, 0.15) is 26.3 Å². The zero-order valence-corrected chi connectivity index (χ0v) is 14.6. The molecule has 0 saturated carbocycles. The molecule has 4 nitrogen and oxygen atoms in total. The van der Waals surface area contributed by atoms with Gasteiger partial charge in [0, 0.05) is 10.9 Å². The molecule has 0 radical (unpaired) electrons. The summed E-state index contributed by atoms with van der Waals surface area (Å²) in [5.41, 5.74) is 9.04. The number of amides is 1. The Morgan fingerprint density at radius 2 is 1.95 bits per heavy atom. The molecule has 1 amide bonds. The van der Waals surface area contributed by atoms with Crippen LogP contribution in [0.25, 0.3) is 11.3 Å². The molecule has 0 aliphatic heterocycles. The van der Waals surface area contributed by atoms with Crippen molar-refractivity contribution in [1.82, 2.24) is 4.98 Å². The summed E-state index contributed by atoms with van der Waals surface area (Å²) in [5, 5.41) is 5.31. The topological polar surface area (TPSA) is 68.0 Å². The van der Waals surface area contributed by atoms with Crippen LogP contribution in [0, 0.1) is 5.92 Å².